The van der Waals surface area contributed by atoms with Gasteiger partial charge < -0.3 is 4.90 Å². The highest BCUT2D eigenvalue weighted by Crippen LogP contribution is 2.18. The Bertz CT molecular complexity index is 555. The van der Waals surface area contributed by atoms with E-state index in [-0.39, 0.29) is 5.91 Å². The topological polar surface area (TPSA) is 61.9 Å². The third-order valence-corrected chi connectivity index (χ3v) is 3.79. The molecular formula is C14H18N4OS. The Balaban J connectivity index is 1.74. The van der Waals surface area contributed by atoms with Crippen LogP contribution >= 0.6 is 11.8 Å². The SMILES string of the molecule is Cc1nc(CN(C)C(=O)CCSc2ccccc2)n[nH]1. The summed E-state index contributed by atoms with van der Waals surface area (Å²) >= 11 is 1.69. The number of benzene rings is 1. The molecular weight excluding hydrogens is 272 g/mol. The highest BCUT2D eigenvalue weighted by Gasteiger charge is 2.11. The molecule has 0 radical (unpaired) electrons. The molecule has 5 nitrogen and oxygen atoms in total. The van der Waals surface area contributed by atoms with Gasteiger partial charge in [-0.2, -0.15) is 5.10 Å². The zero-order valence-electron chi connectivity index (χ0n) is 11.7. The summed E-state index contributed by atoms with van der Waals surface area (Å²) in [6.45, 7) is 2.29. The summed E-state index contributed by atoms with van der Waals surface area (Å²) in [7, 11) is 1.78. The van der Waals surface area contributed by atoms with E-state index in [4.69, 9.17) is 0 Å². The number of aryl methyl sites for hydroxylation is 1. The van der Waals surface area contributed by atoms with Crippen LogP contribution in [-0.4, -0.2) is 38.8 Å². The van der Waals surface area contributed by atoms with E-state index in [0.717, 1.165) is 11.6 Å². The average molecular weight is 290 g/mol. The maximum absolute atomic E-state index is 12.0. The molecule has 20 heavy (non-hydrogen) atoms. The third kappa shape index (κ3) is 4.38. The fourth-order valence-corrected chi connectivity index (χ4v) is 2.59. The lowest BCUT2D eigenvalue weighted by atomic mass is 10.4. The number of nitrogens with one attached hydrogen (secondary N) is 1. The number of thioether (sulfide) groups is 1. The Kier molecular flexibility index (Phi) is 5.17. The molecule has 0 unspecified atom stereocenters. The number of nitrogens with zero attached hydrogens (tertiary/aromatic N) is 3. The van der Waals surface area contributed by atoms with Crippen molar-refractivity contribution in [2.45, 2.75) is 24.8 Å². The molecule has 106 valence electrons. The predicted molar refractivity (Wildman–Crippen MR) is 79.4 cm³/mol. The third-order valence-electron chi connectivity index (χ3n) is 2.78. The molecule has 0 fully saturated rings. The smallest absolute Gasteiger partial charge is 0.223 e. The number of aromatic nitrogens is 3. The minimum absolute atomic E-state index is 0.107. The number of H-pyrrole nitrogens is 1. The van der Waals surface area contributed by atoms with Crippen molar-refractivity contribution < 1.29 is 4.79 Å². The molecule has 0 aliphatic rings. The number of amides is 1. The number of carbonyl (C=O) groups is 1. The number of carbonyl (C=O) groups excluding carboxylic acids is 1. The molecule has 0 aliphatic heterocycles. The molecule has 6 heteroatoms. The van der Waals surface area contributed by atoms with Gasteiger partial charge in [-0.3, -0.25) is 9.89 Å². The lowest BCUT2D eigenvalue weighted by molar-refractivity contribution is -0.130. The molecule has 1 aromatic heterocycles. The van der Waals surface area contributed by atoms with Crippen molar-refractivity contribution >= 4 is 17.7 Å². The molecule has 0 saturated carbocycles. The Hall–Kier alpha value is -1.82. The van der Waals surface area contributed by atoms with Crippen LogP contribution < -0.4 is 0 Å². The summed E-state index contributed by atoms with van der Waals surface area (Å²) in [5, 5.41) is 6.81. The normalized spacial score (nSPS) is 10.5. The first-order valence-corrected chi connectivity index (χ1v) is 7.43. The molecule has 1 N–H and O–H groups in total. The quantitative estimate of drug-likeness (QED) is 0.829. The Morgan fingerprint density at radius 1 is 1.35 bits per heavy atom. The number of hydrogen-bond acceptors (Lipinski definition) is 4. The van der Waals surface area contributed by atoms with Gasteiger partial charge in [0, 0.05) is 24.1 Å². The van der Waals surface area contributed by atoms with Gasteiger partial charge in [-0.05, 0) is 19.1 Å². The molecule has 0 atom stereocenters. The largest absolute Gasteiger partial charge is 0.338 e. The van der Waals surface area contributed by atoms with Gasteiger partial charge >= 0.3 is 0 Å². The van der Waals surface area contributed by atoms with E-state index < -0.39 is 0 Å². The number of rotatable bonds is 6. The molecule has 0 bridgehead atoms. The molecule has 1 amide bonds. The van der Waals surface area contributed by atoms with E-state index in [1.165, 1.54) is 4.90 Å². The summed E-state index contributed by atoms with van der Waals surface area (Å²) in [6, 6.07) is 10.1. The highest BCUT2D eigenvalue weighted by molar-refractivity contribution is 7.99. The number of hydrogen-bond donors (Lipinski definition) is 1. The van der Waals surface area contributed by atoms with Crippen molar-refractivity contribution in [1.82, 2.24) is 20.1 Å². The predicted octanol–water partition coefficient (Wildman–Crippen LogP) is 2.25. The van der Waals surface area contributed by atoms with Crippen LogP contribution in [0.4, 0.5) is 0 Å². The van der Waals surface area contributed by atoms with E-state index in [0.29, 0.717) is 18.8 Å². The van der Waals surface area contributed by atoms with Crippen LogP contribution in [0.3, 0.4) is 0 Å². The standard InChI is InChI=1S/C14H18N4OS/c1-11-15-13(17-16-11)10-18(2)14(19)8-9-20-12-6-4-3-5-7-12/h3-7H,8-10H2,1-2H3,(H,15,16,17). The molecule has 0 saturated heterocycles. The second kappa shape index (κ2) is 7.09. The summed E-state index contributed by atoms with van der Waals surface area (Å²) in [5.41, 5.74) is 0. The summed E-state index contributed by atoms with van der Waals surface area (Å²) < 4.78 is 0. The zero-order valence-corrected chi connectivity index (χ0v) is 12.5. The van der Waals surface area contributed by atoms with E-state index in [1.54, 1.807) is 23.7 Å². The fourth-order valence-electron chi connectivity index (χ4n) is 1.72. The Morgan fingerprint density at radius 2 is 2.10 bits per heavy atom. The van der Waals surface area contributed by atoms with Crippen molar-refractivity contribution in [3.8, 4) is 0 Å². The van der Waals surface area contributed by atoms with Crippen molar-refractivity contribution in [2.75, 3.05) is 12.8 Å². The maximum Gasteiger partial charge on any atom is 0.223 e. The zero-order chi connectivity index (χ0) is 14.4. The van der Waals surface area contributed by atoms with Crippen LogP contribution in [0.15, 0.2) is 35.2 Å². The minimum Gasteiger partial charge on any atom is -0.338 e. The molecule has 1 aromatic carbocycles. The fraction of sp³-hybridized carbons (Fsp3) is 0.357. The van der Waals surface area contributed by atoms with Gasteiger partial charge in [0.15, 0.2) is 5.82 Å². The molecule has 1 heterocycles. The van der Waals surface area contributed by atoms with Gasteiger partial charge in [-0.25, -0.2) is 4.98 Å². The maximum atomic E-state index is 12.0. The van der Waals surface area contributed by atoms with Crippen LogP contribution in [0.5, 0.6) is 0 Å². The van der Waals surface area contributed by atoms with Crippen LogP contribution in [0.2, 0.25) is 0 Å². The lowest BCUT2D eigenvalue weighted by Gasteiger charge is -2.14. The van der Waals surface area contributed by atoms with Gasteiger partial charge in [0.05, 0.1) is 6.54 Å². The Labute approximate surface area is 122 Å². The Morgan fingerprint density at radius 3 is 2.75 bits per heavy atom. The van der Waals surface area contributed by atoms with Gasteiger partial charge in [-0.1, -0.05) is 18.2 Å². The van der Waals surface area contributed by atoms with Crippen molar-refractivity contribution in [1.29, 1.82) is 0 Å². The first kappa shape index (κ1) is 14.6. The molecule has 2 rings (SSSR count). The molecule has 2 aromatic rings. The van der Waals surface area contributed by atoms with E-state index >= 15 is 0 Å². The van der Waals surface area contributed by atoms with Gasteiger partial charge in [-0.15, -0.1) is 11.8 Å². The van der Waals surface area contributed by atoms with Gasteiger partial charge in [0.25, 0.3) is 0 Å². The molecule has 0 spiro atoms. The van der Waals surface area contributed by atoms with Crippen molar-refractivity contribution in [2.24, 2.45) is 0 Å². The van der Waals surface area contributed by atoms with Crippen molar-refractivity contribution in [3.63, 3.8) is 0 Å². The summed E-state index contributed by atoms with van der Waals surface area (Å²) in [6.07, 6.45) is 0.513. The van der Waals surface area contributed by atoms with E-state index in [1.807, 2.05) is 25.1 Å². The van der Waals surface area contributed by atoms with Crippen LogP contribution in [0.25, 0.3) is 0 Å². The first-order valence-electron chi connectivity index (χ1n) is 6.45. The molecule has 0 aliphatic carbocycles. The first-order chi connectivity index (χ1) is 9.65. The van der Waals surface area contributed by atoms with E-state index in [2.05, 4.69) is 27.3 Å². The highest BCUT2D eigenvalue weighted by atomic mass is 32.2. The van der Waals surface area contributed by atoms with Crippen LogP contribution in [0.1, 0.15) is 18.1 Å². The second-order valence-electron chi connectivity index (χ2n) is 4.50. The lowest BCUT2D eigenvalue weighted by Crippen LogP contribution is -2.26. The monoisotopic (exact) mass is 290 g/mol. The van der Waals surface area contributed by atoms with Gasteiger partial charge in [0.1, 0.15) is 5.82 Å². The summed E-state index contributed by atoms with van der Waals surface area (Å²) in [5.74, 6) is 2.30. The van der Waals surface area contributed by atoms with E-state index in [9.17, 15) is 4.79 Å². The summed E-state index contributed by atoms with van der Waals surface area (Å²) in [4.78, 5) is 19.0. The van der Waals surface area contributed by atoms with Crippen molar-refractivity contribution in [3.05, 3.63) is 42.0 Å². The van der Waals surface area contributed by atoms with Crippen LogP contribution in [0, 0.1) is 6.92 Å². The number of aromatic amines is 1. The average Bonchev–Trinajstić information content (AvgIpc) is 2.85. The minimum atomic E-state index is 0.107. The second-order valence-corrected chi connectivity index (χ2v) is 5.67. The van der Waals surface area contributed by atoms with Crippen LogP contribution in [-0.2, 0) is 11.3 Å². The van der Waals surface area contributed by atoms with Gasteiger partial charge in [0.2, 0.25) is 5.91 Å².